The van der Waals surface area contributed by atoms with Gasteiger partial charge in [0.15, 0.2) is 0 Å². The summed E-state index contributed by atoms with van der Waals surface area (Å²) in [6.45, 7) is 14.1. The second-order valence-electron chi connectivity index (χ2n) is 2.84. The molecule has 0 bridgehead atoms. The minimum absolute atomic E-state index is 0.255. The van der Waals surface area contributed by atoms with Gasteiger partial charge in [-0.3, -0.25) is 0 Å². The van der Waals surface area contributed by atoms with E-state index in [2.05, 4.69) is 6.58 Å². The van der Waals surface area contributed by atoms with Crippen LogP contribution in [-0.2, 0) is 4.74 Å². The highest BCUT2D eigenvalue weighted by Crippen LogP contribution is 1.84. The molecule has 0 fully saturated rings. The Morgan fingerprint density at radius 2 is 1.73 bits per heavy atom. The molecule has 0 aliphatic carbocycles. The van der Waals surface area contributed by atoms with E-state index in [9.17, 15) is 0 Å². The van der Waals surface area contributed by atoms with Crippen molar-refractivity contribution in [1.82, 2.24) is 0 Å². The molecule has 0 radical (unpaired) electrons. The first-order valence-corrected chi connectivity index (χ1v) is 5.67. The van der Waals surface area contributed by atoms with E-state index in [1.165, 1.54) is 0 Å². The Hall–Kier alpha value is -0.540. The molecular formula is C12H28O3. The van der Waals surface area contributed by atoms with Gasteiger partial charge in [0.05, 0.1) is 18.5 Å². The minimum atomic E-state index is -0.318. The van der Waals surface area contributed by atoms with Crippen molar-refractivity contribution in [2.45, 2.75) is 53.6 Å². The molecule has 0 aromatic carbocycles. The van der Waals surface area contributed by atoms with E-state index in [1.54, 1.807) is 6.92 Å². The Bertz CT molecular complexity index is 111. The third-order valence-electron chi connectivity index (χ3n) is 1.12. The molecule has 0 aromatic rings. The van der Waals surface area contributed by atoms with Gasteiger partial charge in [-0.2, -0.15) is 0 Å². The number of rotatable bonds is 5. The van der Waals surface area contributed by atoms with Crippen molar-refractivity contribution in [2.24, 2.45) is 0 Å². The van der Waals surface area contributed by atoms with E-state index in [0.29, 0.717) is 13.0 Å². The molecule has 0 heterocycles. The molecule has 1 unspecified atom stereocenters. The Morgan fingerprint density at radius 1 is 1.33 bits per heavy atom. The normalized spacial score (nSPS) is 10.3. The second kappa shape index (κ2) is 19.1. The monoisotopic (exact) mass is 220 g/mol. The summed E-state index contributed by atoms with van der Waals surface area (Å²) in [5.41, 5.74) is 0. The third kappa shape index (κ3) is 42.4. The van der Waals surface area contributed by atoms with Crippen molar-refractivity contribution >= 4 is 0 Å². The minimum Gasteiger partial charge on any atom is -0.513 e. The molecule has 0 rings (SSSR count). The zero-order valence-corrected chi connectivity index (χ0v) is 10.9. The first kappa shape index (κ1) is 19.9. The molecule has 0 saturated carbocycles. The predicted octanol–water partition coefficient (Wildman–Crippen LogP) is 3.29. The Labute approximate surface area is 94.8 Å². The lowest BCUT2D eigenvalue weighted by atomic mass is 10.4. The maximum absolute atomic E-state index is 8.65. The van der Waals surface area contributed by atoms with Gasteiger partial charge in [0.25, 0.3) is 0 Å². The zero-order chi connectivity index (χ0) is 12.7. The first-order valence-electron chi connectivity index (χ1n) is 5.67. The number of aliphatic hydroxyl groups excluding tert-OH is 2. The van der Waals surface area contributed by atoms with E-state index in [1.807, 2.05) is 27.7 Å². The highest BCUT2D eigenvalue weighted by molar-refractivity contribution is 4.74. The Balaban J connectivity index is -0.000000177. The number of allylic oxidation sites excluding steroid dienone is 1. The predicted molar refractivity (Wildman–Crippen MR) is 66.2 cm³/mol. The van der Waals surface area contributed by atoms with Gasteiger partial charge in [-0.25, -0.2) is 0 Å². The number of aliphatic hydroxyl groups is 2. The fourth-order valence-corrected chi connectivity index (χ4v) is 0.398. The molecule has 15 heavy (non-hydrogen) atoms. The largest absolute Gasteiger partial charge is 0.513 e. The molecule has 0 spiro atoms. The molecule has 3 heteroatoms. The molecule has 94 valence electrons. The lowest BCUT2D eigenvalue weighted by molar-refractivity contribution is 0.0466. The van der Waals surface area contributed by atoms with Gasteiger partial charge >= 0.3 is 0 Å². The van der Waals surface area contributed by atoms with Crippen LogP contribution in [0.4, 0.5) is 0 Å². The third-order valence-corrected chi connectivity index (χ3v) is 1.12. The van der Waals surface area contributed by atoms with Crippen LogP contribution >= 0.6 is 0 Å². The lowest BCUT2D eigenvalue weighted by Crippen LogP contribution is -2.10. The van der Waals surface area contributed by atoms with Crippen molar-refractivity contribution < 1.29 is 14.9 Å². The summed E-state index contributed by atoms with van der Waals surface area (Å²) in [6, 6.07) is 0. The Kier molecular flexibility index (Phi) is 25.4. The standard InChI is InChI=1S/C6H14O2.C4H8O.C2H6/c1-3-4-8-5-6(2)7;1-3-4(2)5;1-2/h6-7H,3-5H2,1-2H3;5H,2-3H2,1H3;1-2H3. The van der Waals surface area contributed by atoms with Gasteiger partial charge in [0.2, 0.25) is 0 Å². The smallest absolute Gasteiger partial charge is 0.0848 e. The molecule has 1 atom stereocenters. The summed E-state index contributed by atoms with van der Waals surface area (Å²) in [6.07, 6.45) is 1.37. The summed E-state index contributed by atoms with van der Waals surface area (Å²) in [5, 5.41) is 16.8. The van der Waals surface area contributed by atoms with E-state index in [0.717, 1.165) is 13.0 Å². The van der Waals surface area contributed by atoms with Crippen LogP contribution in [0.5, 0.6) is 0 Å². The molecule has 0 aromatic heterocycles. The van der Waals surface area contributed by atoms with Crippen LogP contribution in [0.15, 0.2) is 12.3 Å². The van der Waals surface area contributed by atoms with Gasteiger partial charge in [0.1, 0.15) is 0 Å². The number of hydrogen-bond donors (Lipinski definition) is 2. The van der Waals surface area contributed by atoms with Gasteiger partial charge in [-0.15, -0.1) is 0 Å². The molecule has 0 amide bonds. The average Bonchev–Trinajstić information content (AvgIpc) is 2.21. The number of ether oxygens (including phenoxy) is 1. The summed E-state index contributed by atoms with van der Waals surface area (Å²) < 4.78 is 4.99. The quantitative estimate of drug-likeness (QED) is 0.552. The molecule has 2 N–H and O–H groups in total. The van der Waals surface area contributed by atoms with Crippen LogP contribution in [0, 0.1) is 0 Å². The summed E-state index contributed by atoms with van der Waals surface area (Å²) in [4.78, 5) is 0. The van der Waals surface area contributed by atoms with Gasteiger partial charge in [0, 0.05) is 13.0 Å². The highest BCUT2D eigenvalue weighted by Gasteiger charge is 1.91. The maximum atomic E-state index is 8.65. The fraction of sp³-hybridized carbons (Fsp3) is 0.833. The van der Waals surface area contributed by atoms with Crippen LogP contribution in [0.25, 0.3) is 0 Å². The zero-order valence-electron chi connectivity index (χ0n) is 10.9. The Morgan fingerprint density at radius 3 is 1.93 bits per heavy atom. The highest BCUT2D eigenvalue weighted by atomic mass is 16.5. The summed E-state index contributed by atoms with van der Waals surface area (Å²) >= 11 is 0. The van der Waals surface area contributed by atoms with Gasteiger partial charge < -0.3 is 14.9 Å². The van der Waals surface area contributed by atoms with Crippen molar-refractivity contribution in [3.63, 3.8) is 0 Å². The first-order chi connectivity index (χ1) is 7.04. The molecule has 0 aliphatic rings. The topological polar surface area (TPSA) is 49.7 Å². The second-order valence-corrected chi connectivity index (χ2v) is 2.84. The van der Waals surface area contributed by atoms with Crippen molar-refractivity contribution in [3.05, 3.63) is 12.3 Å². The SMILES string of the molecule is C=C(O)CC.CC.CCCOCC(C)O. The average molecular weight is 220 g/mol. The van der Waals surface area contributed by atoms with E-state index < -0.39 is 0 Å². The van der Waals surface area contributed by atoms with Crippen LogP contribution in [0.1, 0.15) is 47.5 Å². The van der Waals surface area contributed by atoms with Crippen LogP contribution < -0.4 is 0 Å². The van der Waals surface area contributed by atoms with Crippen molar-refractivity contribution in [1.29, 1.82) is 0 Å². The van der Waals surface area contributed by atoms with Crippen molar-refractivity contribution in [2.75, 3.05) is 13.2 Å². The van der Waals surface area contributed by atoms with E-state index in [-0.39, 0.29) is 11.9 Å². The van der Waals surface area contributed by atoms with Crippen molar-refractivity contribution in [3.8, 4) is 0 Å². The van der Waals surface area contributed by atoms with E-state index in [4.69, 9.17) is 14.9 Å². The molecule has 0 saturated heterocycles. The van der Waals surface area contributed by atoms with Crippen LogP contribution in [-0.4, -0.2) is 29.5 Å². The van der Waals surface area contributed by atoms with Gasteiger partial charge in [-0.05, 0) is 13.3 Å². The van der Waals surface area contributed by atoms with Gasteiger partial charge in [-0.1, -0.05) is 34.3 Å². The van der Waals surface area contributed by atoms with E-state index >= 15 is 0 Å². The van der Waals surface area contributed by atoms with Crippen LogP contribution in [0.3, 0.4) is 0 Å². The summed E-state index contributed by atoms with van der Waals surface area (Å²) in [5.74, 6) is 0.255. The lowest BCUT2D eigenvalue weighted by Gasteiger charge is -2.02. The molecule has 3 nitrogen and oxygen atoms in total. The number of hydrogen-bond acceptors (Lipinski definition) is 3. The summed E-state index contributed by atoms with van der Waals surface area (Å²) in [7, 11) is 0. The maximum Gasteiger partial charge on any atom is 0.0848 e. The fourth-order valence-electron chi connectivity index (χ4n) is 0.398. The molecule has 0 aliphatic heterocycles. The molecular weight excluding hydrogens is 192 g/mol. The van der Waals surface area contributed by atoms with Crippen LogP contribution in [0.2, 0.25) is 0 Å².